The number of aromatic nitrogens is 3. The number of hydrogen-bond acceptors (Lipinski definition) is 5. The summed E-state index contributed by atoms with van der Waals surface area (Å²) in [5.74, 6) is 0. The molecule has 3 heterocycles. The van der Waals surface area contributed by atoms with Gasteiger partial charge in [-0.2, -0.15) is 0 Å². The second-order valence-electron chi connectivity index (χ2n) is 4.11. The minimum absolute atomic E-state index is 0.0251. The van der Waals surface area contributed by atoms with Gasteiger partial charge in [-0.1, -0.05) is 0 Å². The van der Waals surface area contributed by atoms with E-state index in [0.717, 1.165) is 20.3 Å². The highest BCUT2D eigenvalue weighted by Crippen LogP contribution is 2.20. The van der Waals surface area contributed by atoms with Crippen molar-refractivity contribution in [2.24, 2.45) is 0 Å². The van der Waals surface area contributed by atoms with Crippen LogP contribution in [-0.2, 0) is 6.54 Å². The topological polar surface area (TPSA) is 47.8 Å². The van der Waals surface area contributed by atoms with Crippen LogP contribution in [-0.4, -0.2) is 14.5 Å². The summed E-state index contributed by atoms with van der Waals surface area (Å²) >= 11 is 3.12. The Bertz CT molecular complexity index is 769. The second-order valence-corrected chi connectivity index (χ2v) is 6.29. The Balaban J connectivity index is 2.10. The highest BCUT2D eigenvalue weighted by molar-refractivity contribution is 7.18. The van der Waals surface area contributed by atoms with Crippen LogP contribution in [0.25, 0.3) is 10.2 Å². The Hall–Kier alpha value is -1.53. The Labute approximate surface area is 112 Å². The van der Waals surface area contributed by atoms with Gasteiger partial charge in [0.15, 0.2) is 0 Å². The van der Waals surface area contributed by atoms with Crippen molar-refractivity contribution in [1.29, 1.82) is 0 Å². The van der Waals surface area contributed by atoms with E-state index in [1.54, 1.807) is 39.1 Å². The molecule has 4 nitrogen and oxygen atoms in total. The lowest BCUT2D eigenvalue weighted by atomic mass is 10.3. The van der Waals surface area contributed by atoms with E-state index in [2.05, 4.69) is 9.97 Å². The van der Waals surface area contributed by atoms with Gasteiger partial charge in [-0.3, -0.25) is 9.36 Å². The van der Waals surface area contributed by atoms with Crippen molar-refractivity contribution in [2.45, 2.75) is 20.4 Å². The van der Waals surface area contributed by atoms with Gasteiger partial charge in [-0.25, -0.2) is 9.97 Å². The molecule has 0 aliphatic carbocycles. The monoisotopic (exact) mass is 277 g/mol. The molecule has 0 aromatic carbocycles. The summed E-state index contributed by atoms with van der Waals surface area (Å²) in [4.78, 5) is 23.9. The Morgan fingerprint density at radius 3 is 2.89 bits per heavy atom. The van der Waals surface area contributed by atoms with Gasteiger partial charge in [0.25, 0.3) is 5.56 Å². The van der Waals surface area contributed by atoms with E-state index in [1.807, 2.05) is 19.9 Å². The van der Waals surface area contributed by atoms with Gasteiger partial charge in [0.2, 0.25) is 0 Å². The van der Waals surface area contributed by atoms with Crippen molar-refractivity contribution in [2.75, 3.05) is 0 Å². The molecule has 0 saturated heterocycles. The third-order valence-corrected chi connectivity index (χ3v) is 4.68. The molecule has 6 heteroatoms. The van der Waals surface area contributed by atoms with Gasteiger partial charge in [0, 0.05) is 9.75 Å². The maximum absolute atomic E-state index is 12.3. The van der Waals surface area contributed by atoms with Crippen LogP contribution in [0.5, 0.6) is 0 Å². The van der Waals surface area contributed by atoms with Crippen molar-refractivity contribution in [3.8, 4) is 0 Å². The first-order valence-corrected chi connectivity index (χ1v) is 7.19. The number of hydrogen-bond donors (Lipinski definition) is 0. The molecule has 0 saturated carbocycles. The predicted molar refractivity (Wildman–Crippen MR) is 74.6 cm³/mol. The molecule has 0 aliphatic heterocycles. The minimum atomic E-state index is 0.0251. The van der Waals surface area contributed by atoms with E-state index in [4.69, 9.17) is 0 Å². The molecular weight excluding hydrogens is 266 g/mol. The fraction of sp³-hybridized carbons (Fsp3) is 0.250. The first-order chi connectivity index (χ1) is 8.65. The molecule has 0 unspecified atom stereocenters. The Morgan fingerprint density at radius 2 is 2.17 bits per heavy atom. The summed E-state index contributed by atoms with van der Waals surface area (Å²) in [5.41, 5.74) is 2.81. The number of fused-ring (bicyclic) bond motifs is 1. The van der Waals surface area contributed by atoms with Crippen LogP contribution in [0.15, 0.2) is 22.7 Å². The molecule has 0 spiro atoms. The summed E-state index contributed by atoms with van der Waals surface area (Å²) in [7, 11) is 0. The van der Waals surface area contributed by atoms with Crippen molar-refractivity contribution in [3.05, 3.63) is 43.7 Å². The lowest BCUT2D eigenvalue weighted by Gasteiger charge is -2.03. The number of thiazole rings is 1. The number of thiophene rings is 1. The lowest BCUT2D eigenvalue weighted by molar-refractivity contribution is 0.754. The predicted octanol–water partition coefficient (Wildman–Crippen LogP) is 2.58. The van der Waals surface area contributed by atoms with Crippen LogP contribution >= 0.6 is 22.7 Å². The fourth-order valence-corrected chi connectivity index (χ4v) is 3.44. The van der Waals surface area contributed by atoms with Crippen molar-refractivity contribution in [1.82, 2.24) is 14.5 Å². The molecule has 3 rings (SSSR count). The van der Waals surface area contributed by atoms with Crippen LogP contribution in [0.4, 0.5) is 0 Å². The summed E-state index contributed by atoms with van der Waals surface area (Å²) in [6, 6.07) is 1.91. The zero-order valence-corrected chi connectivity index (χ0v) is 11.6. The first-order valence-electron chi connectivity index (χ1n) is 5.49. The summed E-state index contributed by atoms with van der Waals surface area (Å²) in [6.45, 7) is 4.49. The van der Waals surface area contributed by atoms with Crippen LogP contribution < -0.4 is 5.56 Å². The fourth-order valence-electron chi connectivity index (χ4n) is 1.83. The lowest BCUT2D eigenvalue weighted by Crippen LogP contribution is -2.20. The van der Waals surface area contributed by atoms with Crippen molar-refractivity contribution >= 4 is 32.9 Å². The molecule has 0 bridgehead atoms. The molecule has 3 aromatic heterocycles. The molecule has 0 N–H and O–H groups in total. The zero-order valence-electron chi connectivity index (χ0n) is 10.0. The molecule has 0 radical (unpaired) electrons. The Morgan fingerprint density at radius 1 is 1.33 bits per heavy atom. The summed E-state index contributed by atoms with van der Waals surface area (Å²) in [6.07, 6.45) is 1.62. The first kappa shape index (κ1) is 11.6. The van der Waals surface area contributed by atoms with E-state index in [9.17, 15) is 4.79 Å². The van der Waals surface area contributed by atoms with Gasteiger partial charge < -0.3 is 0 Å². The van der Waals surface area contributed by atoms with Crippen LogP contribution in [0, 0.1) is 13.8 Å². The van der Waals surface area contributed by atoms with Gasteiger partial charge in [0.05, 0.1) is 29.5 Å². The molecule has 0 aliphatic rings. The quantitative estimate of drug-likeness (QED) is 0.723. The van der Waals surface area contributed by atoms with E-state index in [-0.39, 0.29) is 5.56 Å². The third-order valence-electron chi connectivity index (χ3n) is 2.80. The van der Waals surface area contributed by atoms with E-state index in [1.165, 1.54) is 0 Å². The third kappa shape index (κ3) is 1.87. The second kappa shape index (κ2) is 4.29. The van der Waals surface area contributed by atoms with E-state index < -0.39 is 0 Å². The molecule has 0 atom stereocenters. The van der Waals surface area contributed by atoms with Crippen LogP contribution in [0.2, 0.25) is 0 Å². The molecule has 0 fully saturated rings. The minimum Gasteiger partial charge on any atom is -0.293 e. The normalized spacial score (nSPS) is 11.2. The SMILES string of the molecule is Cc1cc2c(=O)n(Cc3scnc3C)cnc2s1. The maximum atomic E-state index is 12.3. The average molecular weight is 277 g/mol. The molecule has 18 heavy (non-hydrogen) atoms. The van der Waals surface area contributed by atoms with Gasteiger partial charge in [-0.15, -0.1) is 22.7 Å². The largest absolute Gasteiger partial charge is 0.293 e. The molecule has 92 valence electrons. The zero-order chi connectivity index (χ0) is 12.7. The number of nitrogens with zero attached hydrogens (tertiary/aromatic N) is 3. The highest BCUT2D eigenvalue weighted by atomic mass is 32.1. The summed E-state index contributed by atoms with van der Waals surface area (Å²) < 4.78 is 1.65. The molecule has 0 amide bonds. The van der Waals surface area contributed by atoms with Crippen molar-refractivity contribution in [3.63, 3.8) is 0 Å². The van der Waals surface area contributed by atoms with Crippen LogP contribution in [0.3, 0.4) is 0 Å². The van der Waals surface area contributed by atoms with Gasteiger partial charge >= 0.3 is 0 Å². The Kier molecular flexibility index (Phi) is 2.76. The van der Waals surface area contributed by atoms with Crippen molar-refractivity contribution < 1.29 is 0 Å². The summed E-state index contributed by atoms with van der Waals surface area (Å²) in [5, 5.41) is 0.710. The number of aryl methyl sites for hydroxylation is 2. The highest BCUT2D eigenvalue weighted by Gasteiger charge is 2.09. The average Bonchev–Trinajstić information content (AvgIpc) is 2.90. The molecule has 3 aromatic rings. The smallest absolute Gasteiger partial charge is 0.262 e. The van der Waals surface area contributed by atoms with E-state index >= 15 is 0 Å². The maximum Gasteiger partial charge on any atom is 0.262 e. The number of rotatable bonds is 2. The van der Waals surface area contributed by atoms with Gasteiger partial charge in [0.1, 0.15) is 4.83 Å². The van der Waals surface area contributed by atoms with Crippen LogP contribution in [0.1, 0.15) is 15.4 Å². The van der Waals surface area contributed by atoms with E-state index in [0.29, 0.717) is 11.9 Å². The molecular formula is C12H11N3OS2. The standard InChI is InChI=1S/C12H11N3OS2/c1-7-3-9-11(18-7)13-5-15(12(9)16)4-10-8(2)14-6-17-10/h3,5-6H,4H2,1-2H3. The van der Waals surface area contributed by atoms with Gasteiger partial charge in [-0.05, 0) is 19.9 Å².